The van der Waals surface area contributed by atoms with Crippen LogP contribution in [0.25, 0.3) is 0 Å². The van der Waals surface area contributed by atoms with Crippen molar-refractivity contribution in [3.05, 3.63) is 35.9 Å². The Kier molecular flexibility index (Phi) is 7.44. The van der Waals surface area contributed by atoms with Crippen molar-refractivity contribution in [1.82, 2.24) is 10.2 Å². The lowest BCUT2D eigenvalue weighted by Crippen LogP contribution is -2.46. The largest absolute Gasteiger partial charge is 0.396 e. The van der Waals surface area contributed by atoms with Crippen LogP contribution in [0.1, 0.15) is 38.7 Å². The maximum Gasteiger partial charge on any atom is 0.223 e. The number of benzene rings is 1. The summed E-state index contributed by atoms with van der Waals surface area (Å²) in [6.45, 7) is 5.20. The van der Waals surface area contributed by atoms with Crippen LogP contribution >= 0.6 is 0 Å². The highest BCUT2D eigenvalue weighted by molar-refractivity contribution is 5.80. The van der Waals surface area contributed by atoms with Crippen molar-refractivity contribution in [2.24, 2.45) is 11.8 Å². The van der Waals surface area contributed by atoms with Gasteiger partial charge in [0.25, 0.3) is 0 Å². The van der Waals surface area contributed by atoms with Gasteiger partial charge in [-0.25, -0.2) is 0 Å². The predicted molar refractivity (Wildman–Crippen MR) is 97.9 cm³/mol. The fraction of sp³-hybridized carbons (Fsp3) is 0.600. The molecule has 2 unspecified atom stereocenters. The molecule has 5 nitrogen and oxygen atoms in total. The van der Waals surface area contributed by atoms with Crippen LogP contribution in [0.2, 0.25) is 0 Å². The number of amides is 2. The number of nitrogens with one attached hydrogen (secondary N) is 1. The summed E-state index contributed by atoms with van der Waals surface area (Å²) in [7, 11) is 0. The summed E-state index contributed by atoms with van der Waals surface area (Å²) in [5.74, 6) is 0.226. The zero-order valence-corrected chi connectivity index (χ0v) is 15.3. The molecule has 1 saturated heterocycles. The highest BCUT2D eigenvalue weighted by atomic mass is 16.3. The van der Waals surface area contributed by atoms with Crippen LogP contribution < -0.4 is 5.32 Å². The van der Waals surface area contributed by atoms with Crippen molar-refractivity contribution in [3.63, 3.8) is 0 Å². The SMILES string of the molecule is CC(CO)C(C)NC(=O)C1CCN(C(=O)CCc2ccccc2)CC1. The Bertz CT molecular complexity index is 553. The van der Waals surface area contributed by atoms with Gasteiger partial charge in [0.05, 0.1) is 0 Å². The van der Waals surface area contributed by atoms with Crippen LogP contribution in [-0.4, -0.2) is 47.6 Å². The summed E-state index contributed by atoms with van der Waals surface area (Å²) >= 11 is 0. The van der Waals surface area contributed by atoms with E-state index >= 15 is 0 Å². The van der Waals surface area contributed by atoms with Crippen molar-refractivity contribution in [3.8, 4) is 0 Å². The Labute approximate surface area is 150 Å². The van der Waals surface area contributed by atoms with E-state index in [2.05, 4.69) is 5.32 Å². The Balaban J connectivity index is 1.73. The zero-order chi connectivity index (χ0) is 18.2. The number of aryl methyl sites for hydroxylation is 1. The van der Waals surface area contributed by atoms with Crippen LogP contribution in [0.15, 0.2) is 30.3 Å². The van der Waals surface area contributed by atoms with Crippen molar-refractivity contribution in [1.29, 1.82) is 0 Å². The molecule has 1 aromatic carbocycles. The van der Waals surface area contributed by atoms with Gasteiger partial charge >= 0.3 is 0 Å². The van der Waals surface area contributed by atoms with E-state index in [9.17, 15) is 9.59 Å². The molecule has 0 aliphatic carbocycles. The lowest BCUT2D eigenvalue weighted by atomic mass is 9.94. The Morgan fingerprint density at radius 3 is 2.44 bits per heavy atom. The fourth-order valence-electron chi connectivity index (χ4n) is 3.09. The van der Waals surface area contributed by atoms with E-state index in [1.54, 1.807) is 0 Å². The molecule has 2 atom stereocenters. The van der Waals surface area contributed by atoms with E-state index in [-0.39, 0.29) is 36.3 Å². The third kappa shape index (κ3) is 5.85. The first-order valence-electron chi connectivity index (χ1n) is 9.24. The summed E-state index contributed by atoms with van der Waals surface area (Å²) in [6.07, 6.45) is 2.70. The summed E-state index contributed by atoms with van der Waals surface area (Å²) in [6, 6.07) is 9.99. The molecule has 1 aromatic rings. The predicted octanol–water partition coefficient (Wildman–Crippen LogP) is 1.99. The van der Waals surface area contributed by atoms with E-state index in [0.29, 0.717) is 32.4 Å². The number of piperidine rings is 1. The number of hydrogen-bond donors (Lipinski definition) is 2. The quantitative estimate of drug-likeness (QED) is 0.793. The maximum absolute atomic E-state index is 12.4. The number of carbonyl (C=O) groups is 2. The van der Waals surface area contributed by atoms with Crippen LogP contribution in [0.3, 0.4) is 0 Å². The molecule has 0 bridgehead atoms. The molecule has 0 radical (unpaired) electrons. The first-order chi connectivity index (χ1) is 12.0. The van der Waals surface area contributed by atoms with E-state index in [1.165, 1.54) is 5.56 Å². The molecule has 0 aromatic heterocycles. The van der Waals surface area contributed by atoms with Crippen LogP contribution in [0.4, 0.5) is 0 Å². The molecule has 138 valence electrons. The summed E-state index contributed by atoms with van der Waals surface area (Å²) in [4.78, 5) is 26.6. The number of aliphatic hydroxyl groups excluding tert-OH is 1. The van der Waals surface area contributed by atoms with Gasteiger partial charge in [0.15, 0.2) is 0 Å². The average molecular weight is 346 g/mol. The molecule has 1 aliphatic rings. The van der Waals surface area contributed by atoms with Crippen molar-refractivity contribution < 1.29 is 14.7 Å². The molecular weight excluding hydrogens is 316 g/mol. The topological polar surface area (TPSA) is 69.6 Å². The maximum atomic E-state index is 12.4. The van der Waals surface area contributed by atoms with Gasteiger partial charge in [-0.15, -0.1) is 0 Å². The van der Waals surface area contributed by atoms with Crippen molar-refractivity contribution >= 4 is 11.8 Å². The fourth-order valence-corrected chi connectivity index (χ4v) is 3.09. The smallest absolute Gasteiger partial charge is 0.223 e. The normalized spacial score (nSPS) is 17.8. The van der Waals surface area contributed by atoms with Gasteiger partial charge in [0, 0.05) is 38.1 Å². The number of nitrogens with zero attached hydrogens (tertiary/aromatic N) is 1. The number of rotatable bonds is 7. The molecule has 25 heavy (non-hydrogen) atoms. The second-order valence-corrected chi connectivity index (χ2v) is 7.10. The second kappa shape index (κ2) is 9.56. The van der Waals surface area contributed by atoms with Crippen LogP contribution in [0.5, 0.6) is 0 Å². The van der Waals surface area contributed by atoms with E-state index in [0.717, 1.165) is 6.42 Å². The van der Waals surface area contributed by atoms with Gasteiger partial charge in [-0.1, -0.05) is 37.3 Å². The van der Waals surface area contributed by atoms with Gasteiger partial charge in [-0.2, -0.15) is 0 Å². The number of aliphatic hydroxyl groups is 1. The Morgan fingerprint density at radius 1 is 1.20 bits per heavy atom. The van der Waals surface area contributed by atoms with Gasteiger partial charge < -0.3 is 15.3 Å². The van der Waals surface area contributed by atoms with Crippen molar-refractivity contribution in [2.45, 2.75) is 45.6 Å². The Morgan fingerprint density at radius 2 is 1.84 bits per heavy atom. The first kappa shape index (κ1) is 19.4. The minimum Gasteiger partial charge on any atom is -0.396 e. The summed E-state index contributed by atoms with van der Waals surface area (Å²) in [5, 5.41) is 12.2. The lowest BCUT2D eigenvalue weighted by molar-refractivity contribution is -0.135. The molecule has 1 heterocycles. The molecule has 0 spiro atoms. The van der Waals surface area contributed by atoms with Crippen molar-refractivity contribution in [2.75, 3.05) is 19.7 Å². The van der Waals surface area contributed by atoms with Crippen LogP contribution in [-0.2, 0) is 16.0 Å². The van der Waals surface area contributed by atoms with Gasteiger partial charge in [-0.05, 0) is 37.7 Å². The second-order valence-electron chi connectivity index (χ2n) is 7.10. The van der Waals surface area contributed by atoms with Gasteiger partial charge in [0.1, 0.15) is 0 Å². The Hall–Kier alpha value is -1.88. The highest BCUT2D eigenvalue weighted by Gasteiger charge is 2.28. The van der Waals surface area contributed by atoms with E-state index < -0.39 is 0 Å². The minimum absolute atomic E-state index is 0.0356. The standard InChI is InChI=1S/C20H30N2O3/c1-15(14-23)16(2)21-20(25)18-10-12-22(13-11-18)19(24)9-8-17-6-4-3-5-7-17/h3-7,15-16,18,23H,8-14H2,1-2H3,(H,21,25). The molecule has 2 rings (SSSR count). The van der Waals surface area contributed by atoms with Gasteiger partial charge in [-0.3, -0.25) is 9.59 Å². The molecule has 5 heteroatoms. The third-order valence-electron chi connectivity index (χ3n) is 5.20. The summed E-state index contributed by atoms with van der Waals surface area (Å²) in [5.41, 5.74) is 1.18. The number of hydrogen-bond acceptors (Lipinski definition) is 3. The van der Waals surface area contributed by atoms with Gasteiger partial charge in [0.2, 0.25) is 11.8 Å². The van der Waals surface area contributed by atoms with E-state index in [1.807, 2.05) is 49.1 Å². The van der Waals surface area contributed by atoms with Crippen LogP contribution in [0, 0.1) is 11.8 Å². The molecule has 2 amide bonds. The first-order valence-corrected chi connectivity index (χ1v) is 9.24. The zero-order valence-electron chi connectivity index (χ0n) is 15.3. The molecular formula is C20H30N2O3. The average Bonchev–Trinajstić information content (AvgIpc) is 2.66. The summed E-state index contributed by atoms with van der Waals surface area (Å²) < 4.78 is 0. The monoisotopic (exact) mass is 346 g/mol. The number of carbonyl (C=O) groups excluding carboxylic acids is 2. The molecule has 1 aliphatic heterocycles. The number of likely N-dealkylation sites (tertiary alicyclic amines) is 1. The molecule has 1 fully saturated rings. The minimum atomic E-state index is -0.0389. The molecule has 2 N–H and O–H groups in total. The highest BCUT2D eigenvalue weighted by Crippen LogP contribution is 2.19. The lowest BCUT2D eigenvalue weighted by Gasteiger charge is -2.32. The molecule has 0 saturated carbocycles. The third-order valence-corrected chi connectivity index (χ3v) is 5.20. The van der Waals surface area contributed by atoms with E-state index in [4.69, 9.17) is 5.11 Å².